The Labute approximate surface area is 163 Å². The summed E-state index contributed by atoms with van der Waals surface area (Å²) in [6.45, 7) is 1.78. The number of halogens is 1. The van der Waals surface area contributed by atoms with Crippen LogP contribution in [-0.4, -0.2) is 56.1 Å². The van der Waals surface area contributed by atoms with Gasteiger partial charge in [0.25, 0.3) is 5.91 Å². The van der Waals surface area contributed by atoms with Crippen LogP contribution in [0.5, 0.6) is 11.5 Å². The van der Waals surface area contributed by atoms with E-state index in [9.17, 15) is 14.4 Å². The van der Waals surface area contributed by atoms with Crippen LogP contribution in [0.25, 0.3) is 0 Å². The maximum atomic E-state index is 14.1. The average molecular weight is 383 g/mol. The second-order valence-corrected chi connectivity index (χ2v) is 6.42. The molecule has 0 bridgehead atoms. The molecular weight excluding hydrogens is 361 g/mol. The molecule has 1 aliphatic heterocycles. The van der Waals surface area contributed by atoms with Crippen molar-refractivity contribution in [2.24, 2.45) is 0 Å². The molecule has 0 N–H and O–H groups in total. The average Bonchev–Trinajstić information content (AvgIpc) is 2.75. The third-order valence-corrected chi connectivity index (χ3v) is 4.93. The van der Waals surface area contributed by atoms with E-state index >= 15 is 0 Å². The molecule has 6 nitrogen and oxygen atoms in total. The topological polar surface area (TPSA) is 65.8 Å². The highest BCUT2D eigenvalue weighted by Crippen LogP contribution is 2.30. The van der Waals surface area contributed by atoms with Crippen LogP contribution in [0.4, 0.5) is 4.39 Å². The molecule has 0 aliphatic carbocycles. The van der Waals surface area contributed by atoms with Crippen LogP contribution in [0.2, 0.25) is 0 Å². The maximum absolute atomic E-state index is 14.1. The van der Waals surface area contributed by atoms with Gasteiger partial charge in [-0.25, -0.2) is 4.39 Å². The molecular formula is C21H22FN3O3. The Kier molecular flexibility index (Phi) is 6.12. The van der Waals surface area contributed by atoms with Gasteiger partial charge < -0.3 is 14.4 Å². The van der Waals surface area contributed by atoms with E-state index in [0.29, 0.717) is 48.8 Å². The van der Waals surface area contributed by atoms with Gasteiger partial charge in [-0.3, -0.25) is 9.69 Å². The summed E-state index contributed by atoms with van der Waals surface area (Å²) in [6, 6.07) is 13.0. The molecule has 3 rings (SSSR count). The number of methoxy groups -OCH3 is 2. The molecule has 0 radical (unpaired) electrons. The summed E-state index contributed by atoms with van der Waals surface area (Å²) in [7, 11) is 3.02. The first-order chi connectivity index (χ1) is 13.6. The Morgan fingerprint density at radius 2 is 1.64 bits per heavy atom. The number of benzene rings is 2. The lowest BCUT2D eigenvalue weighted by Gasteiger charge is -2.37. The van der Waals surface area contributed by atoms with Crippen LogP contribution < -0.4 is 9.47 Å². The van der Waals surface area contributed by atoms with E-state index in [1.165, 1.54) is 20.3 Å². The second kappa shape index (κ2) is 8.72. The van der Waals surface area contributed by atoms with Crippen LogP contribution in [0, 0.1) is 17.1 Å². The van der Waals surface area contributed by atoms with E-state index < -0.39 is 11.9 Å². The smallest absolute Gasteiger partial charge is 0.261 e. The number of nitriles is 1. The molecule has 0 spiro atoms. The molecule has 2 aromatic carbocycles. The van der Waals surface area contributed by atoms with E-state index in [1.54, 1.807) is 41.3 Å². The summed E-state index contributed by atoms with van der Waals surface area (Å²) in [5, 5.41) is 9.57. The highest BCUT2D eigenvalue weighted by Gasteiger charge is 2.31. The van der Waals surface area contributed by atoms with E-state index in [2.05, 4.69) is 6.07 Å². The van der Waals surface area contributed by atoms with Crippen molar-refractivity contribution in [1.82, 2.24) is 9.80 Å². The Hall–Kier alpha value is -3.11. The van der Waals surface area contributed by atoms with Gasteiger partial charge in [-0.2, -0.15) is 5.26 Å². The molecule has 28 heavy (non-hydrogen) atoms. The van der Waals surface area contributed by atoms with Gasteiger partial charge in [0.2, 0.25) is 0 Å². The fourth-order valence-corrected chi connectivity index (χ4v) is 3.45. The SMILES string of the molecule is COc1cccc(OC)c1C(=O)N1CCN(C(C#N)c2ccccc2F)CC1. The fraction of sp³-hybridized carbons (Fsp3) is 0.333. The Morgan fingerprint density at radius 3 is 2.18 bits per heavy atom. The molecule has 2 aromatic rings. The minimum absolute atomic E-state index is 0.187. The van der Waals surface area contributed by atoms with Gasteiger partial charge >= 0.3 is 0 Å². The molecule has 1 amide bonds. The second-order valence-electron chi connectivity index (χ2n) is 6.42. The summed E-state index contributed by atoms with van der Waals surface area (Å²) < 4.78 is 24.8. The standard InChI is InChI=1S/C21H22FN3O3/c1-27-18-8-5-9-19(28-2)20(18)21(26)25-12-10-24(11-13-25)17(14-23)15-6-3-4-7-16(15)22/h3-9,17H,10-13H2,1-2H3. The molecule has 0 aromatic heterocycles. The number of amides is 1. The first-order valence-corrected chi connectivity index (χ1v) is 8.99. The summed E-state index contributed by atoms with van der Waals surface area (Å²) in [6.07, 6.45) is 0. The minimum Gasteiger partial charge on any atom is -0.496 e. The summed E-state index contributed by atoms with van der Waals surface area (Å²) in [5.41, 5.74) is 0.739. The number of carbonyl (C=O) groups excluding carboxylic acids is 1. The highest BCUT2D eigenvalue weighted by molar-refractivity contribution is 5.99. The van der Waals surface area contributed by atoms with Crippen molar-refractivity contribution in [3.63, 3.8) is 0 Å². The van der Waals surface area contributed by atoms with Gasteiger partial charge in [0.1, 0.15) is 28.9 Å². The number of piperazine rings is 1. The lowest BCUT2D eigenvalue weighted by atomic mass is 10.0. The number of hydrogen-bond acceptors (Lipinski definition) is 5. The van der Waals surface area contributed by atoms with Crippen LogP contribution in [-0.2, 0) is 0 Å². The lowest BCUT2D eigenvalue weighted by Crippen LogP contribution is -2.49. The van der Waals surface area contributed by atoms with E-state index in [0.717, 1.165) is 0 Å². The number of carbonyl (C=O) groups is 1. The third kappa shape index (κ3) is 3.78. The van der Waals surface area contributed by atoms with Gasteiger partial charge in [-0.05, 0) is 18.2 Å². The highest BCUT2D eigenvalue weighted by atomic mass is 19.1. The number of rotatable bonds is 5. The van der Waals surface area contributed by atoms with Crippen molar-refractivity contribution in [2.45, 2.75) is 6.04 Å². The number of hydrogen-bond donors (Lipinski definition) is 0. The zero-order chi connectivity index (χ0) is 20.1. The van der Waals surface area contributed by atoms with Crippen molar-refractivity contribution in [3.8, 4) is 17.6 Å². The zero-order valence-corrected chi connectivity index (χ0v) is 15.9. The normalized spacial score (nSPS) is 15.6. The number of nitrogens with zero attached hydrogens (tertiary/aromatic N) is 3. The summed E-state index contributed by atoms with van der Waals surface area (Å²) in [4.78, 5) is 16.6. The first kappa shape index (κ1) is 19.6. The van der Waals surface area contributed by atoms with E-state index in [4.69, 9.17) is 9.47 Å². The molecule has 1 heterocycles. The summed E-state index contributed by atoms with van der Waals surface area (Å²) >= 11 is 0. The van der Waals surface area contributed by atoms with Crippen LogP contribution in [0.15, 0.2) is 42.5 Å². The van der Waals surface area contributed by atoms with Gasteiger partial charge in [0.15, 0.2) is 0 Å². The van der Waals surface area contributed by atoms with Crippen LogP contribution in [0.3, 0.4) is 0 Å². The van der Waals surface area contributed by atoms with Gasteiger partial charge in [-0.15, -0.1) is 0 Å². The molecule has 1 atom stereocenters. The number of ether oxygens (including phenoxy) is 2. The van der Waals surface area contributed by atoms with Crippen LogP contribution in [0.1, 0.15) is 22.0 Å². The molecule has 1 saturated heterocycles. The first-order valence-electron chi connectivity index (χ1n) is 8.99. The molecule has 1 aliphatic rings. The molecule has 1 fully saturated rings. The Morgan fingerprint density at radius 1 is 1.04 bits per heavy atom. The van der Waals surface area contributed by atoms with Gasteiger partial charge in [0.05, 0.1) is 20.3 Å². The quantitative estimate of drug-likeness (QED) is 0.794. The zero-order valence-electron chi connectivity index (χ0n) is 15.9. The van der Waals surface area contributed by atoms with Gasteiger partial charge in [-0.1, -0.05) is 24.3 Å². The van der Waals surface area contributed by atoms with Crippen molar-refractivity contribution >= 4 is 5.91 Å². The molecule has 0 saturated carbocycles. The van der Waals surface area contributed by atoms with Crippen molar-refractivity contribution in [1.29, 1.82) is 5.26 Å². The fourth-order valence-electron chi connectivity index (χ4n) is 3.45. The van der Waals surface area contributed by atoms with Gasteiger partial charge in [0, 0.05) is 31.7 Å². The van der Waals surface area contributed by atoms with E-state index in [-0.39, 0.29) is 5.91 Å². The predicted octanol–water partition coefficient (Wildman–Crippen LogP) is 2.87. The predicted molar refractivity (Wildman–Crippen MR) is 102 cm³/mol. The molecule has 146 valence electrons. The third-order valence-electron chi connectivity index (χ3n) is 4.93. The van der Waals surface area contributed by atoms with Crippen LogP contribution >= 0.6 is 0 Å². The largest absolute Gasteiger partial charge is 0.496 e. The minimum atomic E-state index is -0.681. The monoisotopic (exact) mass is 383 g/mol. The molecule has 1 unspecified atom stereocenters. The maximum Gasteiger partial charge on any atom is 0.261 e. The van der Waals surface area contributed by atoms with Crippen molar-refractivity contribution in [2.75, 3.05) is 40.4 Å². The van der Waals surface area contributed by atoms with E-state index in [1.807, 2.05) is 4.90 Å². The lowest BCUT2D eigenvalue weighted by molar-refractivity contribution is 0.0598. The van der Waals surface area contributed by atoms with Crippen molar-refractivity contribution < 1.29 is 18.7 Å². The molecule has 7 heteroatoms. The summed E-state index contributed by atoms with van der Waals surface area (Å²) in [5.74, 6) is 0.320. The van der Waals surface area contributed by atoms with Crippen molar-refractivity contribution in [3.05, 3.63) is 59.4 Å². The Bertz CT molecular complexity index is 866. The Balaban J connectivity index is 1.75.